The largest absolute Gasteiger partial charge is 0.308 e. The lowest BCUT2D eigenvalue weighted by Crippen LogP contribution is -2.35. The molecule has 3 aromatic rings. The number of halogens is 1. The zero-order valence-electron chi connectivity index (χ0n) is 16.4. The number of nitrogens with zero attached hydrogens (tertiary/aromatic N) is 1. The van der Waals surface area contributed by atoms with Gasteiger partial charge in [-0.05, 0) is 67.8 Å². The fraction of sp³-hybridized carbons (Fsp3) is 0.174. The van der Waals surface area contributed by atoms with E-state index in [1.165, 1.54) is 6.07 Å². The molecule has 0 atom stereocenters. The van der Waals surface area contributed by atoms with Crippen LogP contribution in [0.4, 0.5) is 11.4 Å². The van der Waals surface area contributed by atoms with Gasteiger partial charge in [-0.25, -0.2) is 8.42 Å². The molecule has 0 aromatic heterocycles. The van der Waals surface area contributed by atoms with E-state index in [4.69, 9.17) is 11.6 Å². The Morgan fingerprint density at radius 1 is 1.03 bits per heavy atom. The maximum absolute atomic E-state index is 13.0. The van der Waals surface area contributed by atoms with E-state index in [1.54, 1.807) is 41.3 Å². The van der Waals surface area contributed by atoms with Crippen LogP contribution in [0.5, 0.6) is 0 Å². The highest BCUT2D eigenvalue weighted by Crippen LogP contribution is 2.32. The third kappa shape index (κ3) is 4.06. The number of benzene rings is 3. The van der Waals surface area contributed by atoms with E-state index in [0.717, 1.165) is 23.2 Å². The molecular formula is C23H21ClN2O3S. The first-order chi connectivity index (χ1) is 14.3. The molecule has 5 nitrogen and oxygen atoms in total. The number of rotatable bonds is 4. The number of sulfonamides is 1. The minimum atomic E-state index is -3.80. The Morgan fingerprint density at radius 2 is 1.77 bits per heavy atom. The summed E-state index contributed by atoms with van der Waals surface area (Å²) in [4.78, 5) is 14.9. The molecule has 0 unspecified atom stereocenters. The molecular weight excluding hydrogens is 420 g/mol. The number of carbonyl (C=O) groups is 1. The average molecular weight is 441 g/mol. The van der Waals surface area contributed by atoms with Gasteiger partial charge >= 0.3 is 0 Å². The normalized spacial score (nSPS) is 13.6. The molecule has 154 valence electrons. The molecule has 7 heteroatoms. The summed E-state index contributed by atoms with van der Waals surface area (Å²) in [5, 5.41) is 0.328. The van der Waals surface area contributed by atoms with Crippen LogP contribution in [-0.4, -0.2) is 20.9 Å². The maximum atomic E-state index is 13.0. The van der Waals surface area contributed by atoms with Gasteiger partial charge in [0.15, 0.2) is 0 Å². The van der Waals surface area contributed by atoms with Crippen LogP contribution < -0.4 is 9.62 Å². The summed E-state index contributed by atoms with van der Waals surface area (Å²) in [5.74, 6) is -0.0826. The molecule has 1 aliphatic heterocycles. The lowest BCUT2D eigenvalue weighted by Gasteiger charge is -2.30. The Hall–Kier alpha value is -2.83. The number of para-hydroxylation sites is 1. The number of carbonyl (C=O) groups excluding carboxylic acids is 1. The van der Waals surface area contributed by atoms with Crippen molar-refractivity contribution in [2.45, 2.75) is 24.7 Å². The van der Waals surface area contributed by atoms with Gasteiger partial charge in [-0.15, -0.1) is 0 Å². The summed E-state index contributed by atoms with van der Waals surface area (Å²) in [6, 6.07) is 19.0. The number of hydrogen-bond acceptors (Lipinski definition) is 3. The van der Waals surface area contributed by atoms with Crippen LogP contribution >= 0.6 is 11.6 Å². The Kier molecular flexibility index (Phi) is 5.54. The zero-order chi connectivity index (χ0) is 21.3. The van der Waals surface area contributed by atoms with Gasteiger partial charge in [0, 0.05) is 17.8 Å². The number of hydrogen-bond donors (Lipinski definition) is 1. The van der Waals surface area contributed by atoms with E-state index in [-0.39, 0.29) is 10.8 Å². The number of amides is 1. The van der Waals surface area contributed by atoms with Crippen LogP contribution in [0.2, 0.25) is 5.02 Å². The van der Waals surface area contributed by atoms with Crippen molar-refractivity contribution in [2.75, 3.05) is 16.2 Å². The van der Waals surface area contributed by atoms with Crippen molar-refractivity contribution < 1.29 is 13.2 Å². The number of fused-ring (bicyclic) bond motifs is 1. The molecule has 0 saturated carbocycles. The van der Waals surface area contributed by atoms with Crippen molar-refractivity contribution in [3.63, 3.8) is 0 Å². The molecule has 0 spiro atoms. The topological polar surface area (TPSA) is 66.5 Å². The zero-order valence-corrected chi connectivity index (χ0v) is 18.0. The van der Waals surface area contributed by atoms with Crippen LogP contribution in [-0.2, 0) is 16.4 Å². The minimum Gasteiger partial charge on any atom is -0.308 e. The van der Waals surface area contributed by atoms with Crippen molar-refractivity contribution in [3.05, 3.63) is 88.4 Å². The molecule has 1 heterocycles. The second kappa shape index (κ2) is 8.13. The van der Waals surface area contributed by atoms with Gasteiger partial charge in [0.1, 0.15) is 0 Å². The van der Waals surface area contributed by atoms with E-state index in [2.05, 4.69) is 4.72 Å². The molecule has 0 bridgehead atoms. The second-order valence-electron chi connectivity index (χ2n) is 7.30. The van der Waals surface area contributed by atoms with E-state index in [1.807, 2.05) is 31.2 Å². The SMILES string of the molecule is Cc1ccc(C(=O)N2CCCc3cc(S(=O)(=O)Nc4ccccc4Cl)ccc32)cc1. The van der Waals surface area contributed by atoms with Gasteiger partial charge in [0.2, 0.25) is 0 Å². The van der Waals surface area contributed by atoms with Gasteiger partial charge in [-0.1, -0.05) is 41.4 Å². The Balaban J connectivity index is 1.64. The van der Waals surface area contributed by atoms with Gasteiger partial charge in [0.25, 0.3) is 15.9 Å². The number of nitrogens with one attached hydrogen (secondary N) is 1. The second-order valence-corrected chi connectivity index (χ2v) is 9.39. The Morgan fingerprint density at radius 3 is 2.50 bits per heavy atom. The highest BCUT2D eigenvalue weighted by Gasteiger charge is 2.26. The fourth-order valence-corrected chi connectivity index (χ4v) is 4.92. The molecule has 0 saturated heterocycles. The summed E-state index contributed by atoms with van der Waals surface area (Å²) in [7, 11) is -3.80. The molecule has 1 amide bonds. The van der Waals surface area contributed by atoms with E-state index < -0.39 is 10.0 Å². The predicted molar refractivity (Wildman–Crippen MR) is 120 cm³/mol. The van der Waals surface area contributed by atoms with Crippen molar-refractivity contribution in [1.29, 1.82) is 0 Å². The summed E-state index contributed by atoms with van der Waals surface area (Å²) >= 11 is 6.08. The summed E-state index contributed by atoms with van der Waals surface area (Å²) < 4.78 is 28.3. The standard InChI is InChI=1S/C23H21ClN2O3S/c1-16-8-10-17(11-9-16)23(27)26-14-4-5-18-15-19(12-13-22(18)26)30(28,29)25-21-7-3-2-6-20(21)24/h2-3,6-13,15,25H,4-5,14H2,1H3. The first-order valence-electron chi connectivity index (χ1n) is 9.64. The number of aryl methyl sites for hydroxylation is 2. The smallest absolute Gasteiger partial charge is 0.261 e. The average Bonchev–Trinajstić information content (AvgIpc) is 2.74. The molecule has 4 rings (SSSR count). The van der Waals surface area contributed by atoms with Crippen molar-refractivity contribution in [3.8, 4) is 0 Å². The van der Waals surface area contributed by atoms with Crippen molar-refractivity contribution >= 4 is 38.9 Å². The Bertz CT molecular complexity index is 1210. The quantitative estimate of drug-likeness (QED) is 0.617. The molecule has 0 fully saturated rings. The third-order valence-corrected chi connectivity index (χ3v) is 6.83. The van der Waals surface area contributed by atoms with Crippen LogP contribution in [0.1, 0.15) is 27.9 Å². The highest BCUT2D eigenvalue weighted by molar-refractivity contribution is 7.92. The summed E-state index contributed by atoms with van der Waals surface area (Å²) in [6.45, 7) is 2.58. The Labute approximate surface area is 181 Å². The highest BCUT2D eigenvalue weighted by atomic mass is 35.5. The lowest BCUT2D eigenvalue weighted by molar-refractivity contribution is 0.0985. The van der Waals surface area contributed by atoms with Gasteiger partial charge in [-0.3, -0.25) is 9.52 Å². The summed E-state index contributed by atoms with van der Waals surface area (Å²) in [6.07, 6.45) is 1.48. The lowest BCUT2D eigenvalue weighted by atomic mass is 10.0. The number of anilines is 2. The van der Waals surface area contributed by atoms with E-state index in [9.17, 15) is 13.2 Å². The monoisotopic (exact) mass is 440 g/mol. The van der Waals surface area contributed by atoms with E-state index in [0.29, 0.717) is 29.2 Å². The summed E-state index contributed by atoms with van der Waals surface area (Å²) in [5.41, 5.74) is 3.62. The van der Waals surface area contributed by atoms with Gasteiger partial charge < -0.3 is 4.90 Å². The van der Waals surface area contributed by atoms with Crippen LogP contribution in [0.15, 0.2) is 71.6 Å². The molecule has 0 aliphatic carbocycles. The molecule has 0 radical (unpaired) electrons. The van der Waals surface area contributed by atoms with Gasteiger partial charge in [0.05, 0.1) is 15.6 Å². The predicted octanol–water partition coefficient (Wildman–Crippen LogP) is 5.04. The van der Waals surface area contributed by atoms with Crippen molar-refractivity contribution in [2.24, 2.45) is 0 Å². The van der Waals surface area contributed by atoms with Gasteiger partial charge in [-0.2, -0.15) is 0 Å². The van der Waals surface area contributed by atoms with E-state index >= 15 is 0 Å². The first-order valence-corrected chi connectivity index (χ1v) is 11.5. The molecule has 1 aliphatic rings. The maximum Gasteiger partial charge on any atom is 0.261 e. The molecule has 30 heavy (non-hydrogen) atoms. The van der Waals surface area contributed by atoms with Crippen LogP contribution in [0, 0.1) is 6.92 Å². The molecule has 1 N–H and O–H groups in total. The first kappa shape index (κ1) is 20.4. The van der Waals surface area contributed by atoms with Crippen LogP contribution in [0.25, 0.3) is 0 Å². The van der Waals surface area contributed by atoms with Crippen molar-refractivity contribution in [1.82, 2.24) is 0 Å². The van der Waals surface area contributed by atoms with Crippen LogP contribution in [0.3, 0.4) is 0 Å². The fourth-order valence-electron chi connectivity index (χ4n) is 3.55. The minimum absolute atomic E-state index is 0.0826. The third-order valence-electron chi connectivity index (χ3n) is 5.14. The molecule has 3 aromatic carbocycles.